The Morgan fingerprint density at radius 1 is 1.33 bits per heavy atom. The van der Waals surface area contributed by atoms with Gasteiger partial charge in [-0.1, -0.05) is 17.3 Å². The number of nitrogens with one attached hydrogen (secondary N) is 1. The van der Waals surface area contributed by atoms with Crippen LogP contribution in [0.15, 0.2) is 16.7 Å². The molecule has 2 aromatic rings. The average molecular weight is 343 g/mol. The van der Waals surface area contributed by atoms with E-state index in [2.05, 4.69) is 27.6 Å². The predicted molar refractivity (Wildman–Crippen MR) is 94.1 cm³/mol. The number of carbonyl (C=O) groups is 1. The Morgan fingerprint density at radius 3 is 2.96 bits per heavy atom. The molecule has 5 nitrogen and oxygen atoms in total. The quantitative estimate of drug-likeness (QED) is 0.845. The van der Waals surface area contributed by atoms with Crippen molar-refractivity contribution in [3.63, 3.8) is 0 Å². The summed E-state index contributed by atoms with van der Waals surface area (Å²) in [5.74, 6) is 1.32. The van der Waals surface area contributed by atoms with E-state index in [4.69, 9.17) is 4.52 Å². The van der Waals surface area contributed by atoms with E-state index in [1.165, 1.54) is 23.3 Å². The number of allylic oxidation sites excluding steroid dienone is 2. The Morgan fingerprint density at radius 2 is 2.21 bits per heavy atom. The monoisotopic (exact) mass is 343 g/mol. The van der Waals surface area contributed by atoms with E-state index in [-0.39, 0.29) is 11.8 Å². The summed E-state index contributed by atoms with van der Waals surface area (Å²) in [6, 6.07) is 0. The van der Waals surface area contributed by atoms with Gasteiger partial charge < -0.3 is 9.84 Å². The Hall–Kier alpha value is -1.95. The summed E-state index contributed by atoms with van der Waals surface area (Å²) >= 11 is 1.68. The Kier molecular flexibility index (Phi) is 4.22. The number of anilines is 1. The molecule has 1 amide bonds. The summed E-state index contributed by atoms with van der Waals surface area (Å²) in [5, 5.41) is 7.97. The van der Waals surface area contributed by atoms with Crippen molar-refractivity contribution in [3.8, 4) is 11.5 Å². The molecule has 1 atom stereocenters. The third-order valence-electron chi connectivity index (χ3n) is 4.79. The van der Waals surface area contributed by atoms with Gasteiger partial charge in [-0.25, -0.2) is 0 Å². The largest absolute Gasteiger partial charge is 0.334 e. The molecule has 24 heavy (non-hydrogen) atoms. The van der Waals surface area contributed by atoms with Gasteiger partial charge in [0.25, 0.3) is 5.89 Å². The normalized spacial score (nSPS) is 20.0. The van der Waals surface area contributed by atoms with Crippen LogP contribution in [0.4, 0.5) is 5.00 Å². The molecule has 0 bridgehead atoms. The second kappa shape index (κ2) is 6.51. The number of rotatable bonds is 3. The van der Waals surface area contributed by atoms with Crippen LogP contribution in [0.25, 0.3) is 11.5 Å². The summed E-state index contributed by atoms with van der Waals surface area (Å²) in [6.07, 6.45) is 11.5. The maximum atomic E-state index is 12.7. The lowest BCUT2D eigenvalue weighted by atomic mass is 9.93. The minimum atomic E-state index is 0.0615. The Bertz CT molecular complexity index is 790. The molecule has 0 aliphatic heterocycles. The highest BCUT2D eigenvalue weighted by molar-refractivity contribution is 7.17. The molecular weight excluding hydrogens is 322 g/mol. The highest BCUT2D eigenvalue weighted by Gasteiger charge is 2.28. The first kappa shape index (κ1) is 15.6. The number of hydrogen-bond acceptors (Lipinski definition) is 5. The topological polar surface area (TPSA) is 68.0 Å². The zero-order valence-corrected chi connectivity index (χ0v) is 14.6. The molecule has 126 valence electrons. The van der Waals surface area contributed by atoms with Crippen LogP contribution in [0.3, 0.4) is 0 Å². The molecule has 0 saturated heterocycles. The van der Waals surface area contributed by atoms with Crippen molar-refractivity contribution in [3.05, 3.63) is 28.4 Å². The summed E-state index contributed by atoms with van der Waals surface area (Å²) in [7, 11) is 0. The van der Waals surface area contributed by atoms with Gasteiger partial charge in [0.15, 0.2) is 5.82 Å². The number of aromatic nitrogens is 2. The van der Waals surface area contributed by atoms with Crippen LogP contribution in [-0.2, 0) is 17.6 Å². The van der Waals surface area contributed by atoms with Gasteiger partial charge in [-0.05, 0) is 57.4 Å². The van der Waals surface area contributed by atoms with Crippen molar-refractivity contribution < 1.29 is 9.32 Å². The molecule has 0 fully saturated rings. The molecule has 0 aromatic carbocycles. The van der Waals surface area contributed by atoms with Crippen LogP contribution >= 0.6 is 11.3 Å². The van der Waals surface area contributed by atoms with Crippen molar-refractivity contribution >= 4 is 22.2 Å². The summed E-state index contributed by atoms with van der Waals surface area (Å²) in [4.78, 5) is 18.4. The van der Waals surface area contributed by atoms with Crippen LogP contribution in [-0.4, -0.2) is 16.0 Å². The standard InChI is InChI=1S/C18H21N3O2S/c1-11-19-17(23-21-11)15-13-9-5-6-10-14(13)24-18(15)20-16(22)12-7-3-2-4-8-12/h2-3,12H,4-10H2,1H3,(H,20,22). The second-order valence-corrected chi connectivity index (χ2v) is 7.64. The maximum Gasteiger partial charge on any atom is 0.261 e. The number of hydrogen-bond donors (Lipinski definition) is 1. The number of nitrogens with zero attached hydrogens (tertiary/aromatic N) is 2. The van der Waals surface area contributed by atoms with E-state index in [9.17, 15) is 4.79 Å². The Labute approximate surface area is 145 Å². The van der Waals surface area contributed by atoms with Crippen molar-refractivity contribution in [2.75, 3.05) is 5.32 Å². The summed E-state index contributed by atoms with van der Waals surface area (Å²) in [5.41, 5.74) is 2.24. The third kappa shape index (κ3) is 2.90. The van der Waals surface area contributed by atoms with E-state index < -0.39 is 0 Å². The molecule has 2 aliphatic carbocycles. The summed E-state index contributed by atoms with van der Waals surface area (Å²) in [6.45, 7) is 1.82. The molecule has 0 saturated carbocycles. The molecule has 2 aromatic heterocycles. The van der Waals surface area contributed by atoms with Crippen molar-refractivity contribution in [2.45, 2.75) is 51.9 Å². The summed E-state index contributed by atoms with van der Waals surface area (Å²) < 4.78 is 5.43. The number of aryl methyl sites for hydroxylation is 2. The molecule has 0 spiro atoms. The van der Waals surface area contributed by atoms with Gasteiger partial charge in [0, 0.05) is 10.8 Å². The van der Waals surface area contributed by atoms with Crippen molar-refractivity contribution in [1.82, 2.24) is 10.1 Å². The first-order chi connectivity index (χ1) is 11.7. The molecular formula is C18H21N3O2S. The zero-order chi connectivity index (χ0) is 16.5. The maximum absolute atomic E-state index is 12.7. The van der Waals surface area contributed by atoms with Gasteiger partial charge in [-0.15, -0.1) is 11.3 Å². The lowest BCUT2D eigenvalue weighted by Gasteiger charge is -2.17. The highest BCUT2D eigenvalue weighted by Crippen LogP contribution is 2.44. The molecule has 6 heteroatoms. The van der Waals surface area contributed by atoms with Crippen molar-refractivity contribution in [1.29, 1.82) is 0 Å². The van der Waals surface area contributed by atoms with E-state index >= 15 is 0 Å². The predicted octanol–water partition coefficient (Wildman–Crippen LogP) is 4.28. The first-order valence-electron chi connectivity index (χ1n) is 8.63. The number of fused-ring (bicyclic) bond motifs is 1. The fourth-order valence-electron chi connectivity index (χ4n) is 3.52. The van der Waals surface area contributed by atoms with Crippen LogP contribution < -0.4 is 5.32 Å². The van der Waals surface area contributed by atoms with E-state index in [0.29, 0.717) is 11.7 Å². The van der Waals surface area contributed by atoms with Gasteiger partial charge in [0.05, 0.1) is 5.56 Å². The second-order valence-electron chi connectivity index (χ2n) is 6.53. The minimum absolute atomic E-state index is 0.0615. The smallest absolute Gasteiger partial charge is 0.261 e. The molecule has 0 radical (unpaired) electrons. The van der Waals surface area contributed by atoms with Crippen LogP contribution in [0.1, 0.15) is 48.4 Å². The third-order valence-corrected chi connectivity index (χ3v) is 6.00. The van der Waals surface area contributed by atoms with Crippen LogP contribution in [0.2, 0.25) is 0 Å². The van der Waals surface area contributed by atoms with Gasteiger partial charge in [0.2, 0.25) is 5.91 Å². The van der Waals surface area contributed by atoms with Gasteiger partial charge in [-0.3, -0.25) is 4.79 Å². The molecule has 2 heterocycles. The Balaban J connectivity index is 1.68. The van der Waals surface area contributed by atoms with Gasteiger partial charge >= 0.3 is 0 Å². The molecule has 1 N–H and O–H groups in total. The van der Waals surface area contributed by atoms with Gasteiger partial charge in [0.1, 0.15) is 5.00 Å². The van der Waals surface area contributed by atoms with E-state index in [1.807, 2.05) is 6.92 Å². The lowest BCUT2D eigenvalue weighted by molar-refractivity contribution is -0.120. The zero-order valence-electron chi connectivity index (χ0n) is 13.8. The molecule has 1 unspecified atom stereocenters. The first-order valence-corrected chi connectivity index (χ1v) is 9.45. The van der Waals surface area contributed by atoms with Crippen LogP contribution in [0, 0.1) is 12.8 Å². The SMILES string of the molecule is Cc1noc(-c2c(NC(=O)C3CC=CCC3)sc3c2CCCC3)n1. The van der Waals surface area contributed by atoms with Crippen LogP contribution in [0.5, 0.6) is 0 Å². The number of thiophene rings is 1. The highest BCUT2D eigenvalue weighted by atomic mass is 32.1. The fourth-order valence-corrected chi connectivity index (χ4v) is 4.81. The van der Waals surface area contributed by atoms with Gasteiger partial charge in [-0.2, -0.15) is 4.98 Å². The number of carbonyl (C=O) groups excluding carboxylic acids is 1. The number of amides is 1. The lowest BCUT2D eigenvalue weighted by Crippen LogP contribution is -2.23. The van der Waals surface area contributed by atoms with E-state index in [0.717, 1.165) is 42.7 Å². The fraction of sp³-hybridized carbons (Fsp3) is 0.500. The molecule has 4 rings (SSSR count). The van der Waals surface area contributed by atoms with Crippen molar-refractivity contribution in [2.24, 2.45) is 5.92 Å². The minimum Gasteiger partial charge on any atom is -0.334 e. The molecule has 2 aliphatic rings. The average Bonchev–Trinajstić information content (AvgIpc) is 3.18. The van der Waals surface area contributed by atoms with E-state index in [1.54, 1.807) is 11.3 Å².